The molecular formula is C27H41N7O6S. The van der Waals surface area contributed by atoms with Gasteiger partial charge in [-0.25, -0.2) is 13.2 Å². The Morgan fingerprint density at radius 1 is 1.15 bits per heavy atom. The van der Waals surface area contributed by atoms with Crippen LogP contribution in [0.1, 0.15) is 65.5 Å². The summed E-state index contributed by atoms with van der Waals surface area (Å²) in [5.74, 6) is 1.85. The molecule has 3 fully saturated rings. The van der Waals surface area contributed by atoms with Gasteiger partial charge in [-0.1, -0.05) is 6.42 Å². The lowest BCUT2D eigenvalue weighted by Crippen LogP contribution is -2.58. The maximum Gasteiger partial charge on any atom is 0.435 e. The number of ether oxygens (including phenoxy) is 3. The van der Waals surface area contributed by atoms with Gasteiger partial charge in [-0.05, 0) is 60.3 Å². The largest absolute Gasteiger partial charge is 0.469 e. The summed E-state index contributed by atoms with van der Waals surface area (Å²) >= 11 is 0. The van der Waals surface area contributed by atoms with Crippen molar-refractivity contribution in [1.29, 1.82) is 0 Å². The topological polar surface area (TPSA) is 141 Å². The SMILES string of the molecule is CCS(=O)(=O)N1[C@@H]2CCC[C@H]1C[C@@H](N(C)c1nc(Nc3cc(C)n(C(=O)OC(C)(C)C)n3)cc(OC3COC3)n1)C2. The first-order valence-corrected chi connectivity index (χ1v) is 15.9. The van der Waals surface area contributed by atoms with Crippen molar-refractivity contribution in [3.05, 3.63) is 17.8 Å². The lowest BCUT2D eigenvalue weighted by Gasteiger charge is -2.49. The molecule has 5 heterocycles. The molecule has 226 valence electrons. The van der Waals surface area contributed by atoms with Gasteiger partial charge in [0, 0.05) is 43.0 Å². The van der Waals surface area contributed by atoms with Gasteiger partial charge in [-0.15, -0.1) is 5.10 Å². The number of sulfonamides is 1. The smallest absolute Gasteiger partial charge is 0.435 e. The molecule has 0 aromatic carbocycles. The molecule has 0 unspecified atom stereocenters. The lowest BCUT2D eigenvalue weighted by atomic mass is 9.83. The number of fused-ring (bicyclic) bond motifs is 2. The minimum absolute atomic E-state index is 0.0242. The van der Waals surface area contributed by atoms with Crippen molar-refractivity contribution in [2.24, 2.45) is 0 Å². The summed E-state index contributed by atoms with van der Waals surface area (Å²) in [7, 11) is -1.32. The molecule has 0 aliphatic carbocycles. The molecule has 3 atom stereocenters. The van der Waals surface area contributed by atoms with E-state index in [2.05, 4.69) is 10.4 Å². The predicted octanol–water partition coefficient (Wildman–Crippen LogP) is 3.46. The van der Waals surface area contributed by atoms with Crippen LogP contribution in [0.2, 0.25) is 0 Å². The highest BCUT2D eigenvalue weighted by Crippen LogP contribution is 2.39. The fraction of sp³-hybridized carbons (Fsp3) is 0.704. The van der Waals surface area contributed by atoms with E-state index >= 15 is 0 Å². The third-order valence-electron chi connectivity index (χ3n) is 7.73. The Balaban J connectivity index is 1.39. The molecule has 0 radical (unpaired) electrons. The van der Waals surface area contributed by atoms with Crippen LogP contribution in [-0.4, -0.2) is 94.4 Å². The summed E-state index contributed by atoms with van der Waals surface area (Å²) in [6.45, 7) is 9.87. The second-order valence-electron chi connectivity index (χ2n) is 12.1. The van der Waals surface area contributed by atoms with Gasteiger partial charge in [0.25, 0.3) is 0 Å². The molecule has 0 amide bonds. The summed E-state index contributed by atoms with van der Waals surface area (Å²) in [5.41, 5.74) is -0.0428. The molecule has 2 aromatic rings. The first-order valence-electron chi connectivity index (χ1n) is 14.3. The molecule has 2 aromatic heterocycles. The van der Waals surface area contributed by atoms with Crippen LogP contribution >= 0.6 is 0 Å². The standard InChI is InChI=1S/C27H41N7O6S/c1-7-41(36,37)34-18-9-8-10-19(34)13-20(12-18)32(6)25-29-22(14-24(30-25)39-21-15-38-16-21)28-23-11-17(2)33(31-23)26(35)40-27(3,4)5/h11,14,18-21H,7-10,12-13,15-16H2,1-6H3,(H,28,29,30,31)/t18-,19+,20+. The molecule has 3 saturated heterocycles. The number of nitrogens with one attached hydrogen (secondary N) is 1. The second-order valence-corrected chi connectivity index (χ2v) is 14.2. The van der Waals surface area contributed by atoms with Gasteiger partial charge in [-0.3, -0.25) is 0 Å². The number of rotatable bonds is 8. The Bertz CT molecular complexity index is 1360. The third-order valence-corrected chi connectivity index (χ3v) is 9.70. The van der Waals surface area contributed by atoms with Gasteiger partial charge >= 0.3 is 6.09 Å². The molecular weight excluding hydrogens is 550 g/mol. The highest BCUT2D eigenvalue weighted by atomic mass is 32.2. The van der Waals surface area contributed by atoms with Gasteiger partial charge in [0.05, 0.1) is 19.0 Å². The highest BCUT2D eigenvalue weighted by molar-refractivity contribution is 7.89. The molecule has 13 nitrogen and oxygen atoms in total. The van der Waals surface area contributed by atoms with Crippen molar-refractivity contribution < 1.29 is 27.4 Å². The zero-order chi connectivity index (χ0) is 29.5. The van der Waals surface area contributed by atoms with Crippen molar-refractivity contribution in [3.63, 3.8) is 0 Å². The fourth-order valence-electron chi connectivity index (χ4n) is 5.70. The summed E-state index contributed by atoms with van der Waals surface area (Å²) in [6.07, 6.45) is 3.51. The minimum Gasteiger partial charge on any atom is -0.469 e. The molecule has 14 heteroatoms. The van der Waals surface area contributed by atoms with Crippen LogP contribution in [0.15, 0.2) is 12.1 Å². The normalized spacial score (nSPS) is 23.5. The van der Waals surface area contributed by atoms with Crippen molar-refractivity contribution in [1.82, 2.24) is 24.1 Å². The van der Waals surface area contributed by atoms with E-state index in [9.17, 15) is 13.2 Å². The molecule has 3 aliphatic heterocycles. The van der Waals surface area contributed by atoms with Crippen LogP contribution < -0.4 is 15.0 Å². The van der Waals surface area contributed by atoms with Crippen LogP contribution in [0.25, 0.3) is 0 Å². The zero-order valence-electron chi connectivity index (χ0n) is 24.7. The number of carbonyl (C=O) groups is 1. The van der Waals surface area contributed by atoms with Gasteiger partial charge < -0.3 is 24.4 Å². The van der Waals surface area contributed by atoms with Crippen LogP contribution in [0.4, 0.5) is 22.4 Å². The number of hydrogen-bond donors (Lipinski definition) is 1. The number of hydrogen-bond acceptors (Lipinski definition) is 11. The molecule has 2 bridgehead atoms. The summed E-state index contributed by atoms with van der Waals surface area (Å²) < 4.78 is 45.5. The average molecular weight is 592 g/mol. The number of aryl methyl sites for hydroxylation is 1. The van der Waals surface area contributed by atoms with Crippen LogP contribution in [0.5, 0.6) is 5.88 Å². The quantitative estimate of drug-likeness (QED) is 0.482. The highest BCUT2D eigenvalue weighted by Gasteiger charge is 2.45. The number of piperidine rings is 2. The molecule has 1 N–H and O–H groups in total. The van der Waals surface area contributed by atoms with Crippen molar-refractivity contribution in [2.45, 2.75) is 96.6 Å². The lowest BCUT2D eigenvalue weighted by molar-refractivity contribution is -0.0813. The maximum atomic E-state index is 12.9. The van der Waals surface area contributed by atoms with Crippen LogP contribution in [0.3, 0.4) is 0 Å². The summed E-state index contributed by atoms with van der Waals surface area (Å²) in [6, 6.07) is 3.45. The third kappa shape index (κ3) is 6.59. The Hall–Kier alpha value is -2.97. The minimum atomic E-state index is -3.27. The Morgan fingerprint density at radius 2 is 1.83 bits per heavy atom. The number of nitrogens with zero attached hydrogens (tertiary/aromatic N) is 6. The Kier molecular flexibility index (Phi) is 8.18. The monoisotopic (exact) mass is 591 g/mol. The first-order chi connectivity index (χ1) is 19.3. The van der Waals surface area contributed by atoms with E-state index in [0.29, 0.717) is 55.2 Å². The average Bonchev–Trinajstić information content (AvgIpc) is 3.23. The van der Waals surface area contributed by atoms with E-state index < -0.39 is 21.7 Å². The van der Waals surface area contributed by atoms with E-state index in [1.165, 1.54) is 4.68 Å². The first kappa shape index (κ1) is 29.5. The predicted molar refractivity (Wildman–Crippen MR) is 153 cm³/mol. The molecule has 0 saturated carbocycles. The van der Waals surface area contributed by atoms with Crippen molar-refractivity contribution in [3.8, 4) is 5.88 Å². The Labute approximate surface area is 241 Å². The van der Waals surface area contributed by atoms with E-state index in [4.69, 9.17) is 24.2 Å². The van der Waals surface area contributed by atoms with Gasteiger partial charge in [0.2, 0.25) is 21.9 Å². The Morgan fingerprint density at radius 3 is 2.41 bits per heavy atom. The van der Waals surface area contributed by atoms with E-state index in [-0.39, 0.29) is 30.0 Å². The summed E-state index contributed by atoms with van der Waals surface area (Å²) in [4.78, 5) is 24.1. The zero-order valence-corrected chi connectivity index (χ0v) is 25.5. The summed E-state index contributed by atoms with van der Waals surface area (Å²) in [5, 5.41) is 7.57. The van der Waals surface area contributed by atoms with Gasteiger partial charge in [0.15, 0.2) is 5.82 Å². The molecule has 5 rings (SSSR count). The molecule has 41 heavy (non-hydrogen) atoms. The molecule has 0 spiro atoms. The van der Waals surface area contributed by atoms with E-state index in [0.717, 1.165) is 19.3 Å². The number of carbonyl (C=O) groups excluding carboxylic acids is 1. The maximum absolute atomic E-state index is 12.9. The van der Waals surface area contributed by atoms with Crippen molar-refractivity contribution in [2.75, 3.05) is 36.2 Å². The van der Waals surface area contributed by atoms with Crippen LogP contribution in [0, 0.1) is 6.92 Å². The van der Waals surface area contributed by atoms with Gasteiger partial charge in [0.1, 0.15) is 17.5 Å². The van der Waals surface area contributed by atoms with Crippen LogP contribution in [-0.2, 0) is 19.5 Å². The fourth-order valence-corrected chi connectivity index (χ4v) is 7.29. The van der Waals surface area contributed by atoms with Crippen molar-refractivity contribution >= 4 is 33.7 Å². The number of aromatic nitrogens is 4. The second kappa shape index (κ2) is 11.4. The van der Waals surface area contributed by atoms with E-state index in [1.807, 2.05) is 11.9 Å². The number of anilines is 3. The molecule has 3 aliphatic rings. The van der Waals surface area contributed by atoms with Gasteiger partial charge in [-0.2, -0.15) is 19.0 Å². The van der Waals surface area contributed by atoms with E-state index in [1.54, 1.807) is 51.1 Å².